The lowest BCUT2D eigenvalue weighted by atomic mass is 9.99. The molecular formula is C25H48N6O4. The van der Waals surface area contributed by atoms with Gasteiger partial charge in [-0.3, -0.25) is 19.2 Å². The molecule has 35 heavy (non-hydrogen) atoms. The smallest absolute Gasteiger partial charge is 0.267 e. The highest BCUT2D eigenvalue weighted by Crippen LogP contribution is 2.10. The molecule has 0 radical (unpaired) electrons. The van der Waals surface area contributed by atoms with Crippen molar-refractivity contribution < 1.29 is 19.2 Å². The molecule has 0 aromatic heterocycles. The zero-order valence-corrected chi connectivity index (χ0v) is 23.4. The summed E-state index contributed by atoms with van der Waals surface area (Å²) in [6.07, 6.45) is 0. The van der Waals surface area contributed by atoms with E-state index in [1.165, 1.54) is 6.92 Å². The first-order valence-corrected chi connectivity index (χ1v) is 12.3. The van der Waals surface area contributed by atoms with Gasteiger partial charge < -0.3 is 31.9 Å². The predicted molar refractivity (Wildman–Crippen MR) is 139 cm³/mol. The summed E-state index contributed by atoms with van der Waals surface area (Å²) in [7, 11) is 3.87. The van der Waals surface area contributed by atoms with Gasteiger partial charge in [0.1, 0.15) is 17.8 Å². The molecule has 4 atom stereocenters. The fraction of sp³-hybridized carbons (Fsp3) is 0.760. The van der Waals surface area contributed by atoms with Gasteiger partial charge in [0.05, 0.1) is 6.04 Å². The Kier molecular flexibility index (Phi) is 13.8. The first-order valence-electron chi connectivity index (χ1n) is 12.3. The van der Waals surface area contributed by atoms with E-state index >= 15 is 0 Å². The van der Waals surface area contributed by atoms with Crippen molar-refractivity contribution in [2.75, 3.05) is 20.6 Å². The zero-order valence-electron chi connectivity index (χ0n) is 23.4. The number of nitrogens with zero attached hydrogens (tertiary/aromatic N) is 1. The normalized spacial score (nSPS) is 14.9. The molecule has 0 heterocycles. The minimum Gasteiger partial charge on any atom is -0.346 e. The van der Waals surface area contributed by atoms with E-state index in [1.54, 1.807) is 41.5 Å². The Morgan fingerprint density at radius 3 is 1.54 bits per heavy atom. The van der Waals surface area contributed by atoms with Gasteiger partial charge >= 0.3 is 0 Å². The maximum absolute atomic E-state index is 13.2. The number of carbonyl (C=O) groups is 4. The third-order valence-electron chi connectivity index (χ3n) is 5.57. The molecule has 10 nitrogen and oxygen atoms in total. The summed E-state index contributed by atoms with van der Waals surface area (Å²) in [5.74, 6) is -2.13. The fourth-order valence-electron chi connectivity index (χ4n) is 3.26. The van der Waals surface area contributed by atoms with Crippen LogP contribution in [0.4, 0.5) is 0 Å². The van der Waals surface area contributed by atoms with Crippen molar-refractivity contribution in [2.45, 2.75) is 86.5 Å². The molecule has 10 heteroatoms. The summed E-state index contributed by atoms with van der Waals surface area (Å²) in [6.45, 7) is 16.9. The van der Waals surface area contributed by atoms with Gasteiger partial charge in [-0.05, 0) is 58.2 Å². The molecule has 0 aliphatic carbocycles. The Balaban J connectivity index is 5.65. The average molecular weight is 497 g/mol. The van der Waals surface area contributed by atoms with Crippen LogP contribution < -0.4 is 27.0 Å². The van der Waals surface area contributed by atoms with Crippen molar-refractivity contribution in [2.24, 2.45) is 23.5 Å². The van der Waals surface area contributed by atoms with Crippen LogP contribution in [0.2, 0.25) is 0 Å². The monoisotopic (exact) mass is 496 g/mol. The molecule has 202 valence electrons. The second-order valence-corrected chi connectivity index (χ2v) is 10.7. The Bertz CT molecular complexity index is 770. The quantitative estimate of drug-likeness (QED) is 0.238. The van der Waals surface area contributed by atoms with Gasteiger partial charge in [0.15, 0.2) is 0 Å². The molecule has 4 amide bonds. The van der Waals surface area contributed by atoms with Gasteiger partial charge in [-0.1, -0.05) is 41.5 Å². The molecule has 0 fully saturated rings. The summed E-state index contributed by atoms with van der Waals surface area (Å²) < 4.78 is 0. The lowest BCUT2D eigenvalue weighted by molar-refractivity contribution is -0.134. The molecule has 0 aliphatic heterocycles. The highest BCUT2D eigenvalue weighted by Gasteiger charge is 2.32. The Morgan fingerprint density at radius 2 is 1.17 bits per heavy atom. The van der Waals surface area contributed by atoms with Crippen LogP contribution in [-0.2, 0) is 19.2 Å². The first-order chi connectivity index (χ1) is 16.0. The first kappa shape index (κ1) is 32.5. The van der Waals surface area contributed by atoms with Crippen molar-refractivity contribution in [3.05, 3.63) is 11.3 Å². The van der Waals surface area contributed by atoms with Gasteiger partial charge in [0, 0.05) is 12.6 Å². The van der Waals surface area contributed by atoms with Crippen LogP contribution in [0.3, 0.4) is 0 Å². The van der Waals surface area contributed by atoms with Gasteiger partial charge in [0.25, 0.3) is 5.91 Å². The van der Waals surface area contributed by atoms with Crippen molar-refractivity contribution >= 4 is 23.6 Å². The lowest BCUT2D eigenvalue weighted by Gasteiger charge is -2.29. The van der Waals surface area contributed by atoms with E-state index in [2.05, 4.69) is 21.3 Å². The SMILES string of the molecule is CC(C)=C(NC(=O)[C@H](NC(=O)[C@@H](NC(=O)[C@@H](C)N)C(C)C)C(C)C)C(=O)N[C@H](CN(C)C)C(C)C. The van der Waals surface area contributed by atoms with Crippen LogP contribution in [-0.4, -0.2) is 73.3 Å². The number of likely N-dealkylation sites (N-methyl/N-ethyl adjacent to an activating group) is 1. The van der Waals surface area contributed by atoms with Crippen LogP contribution in [0.1, 0.15) is 62.3 Å². The maximum Gasteiger partial charge on any atom is 0.267 e. The summed E-state index contributed by atoms with van der Waals surface area (Å²) in [6, 6.07) is -2.65. The maximum atomic E-state index is 13.2. The van der Waals surface area contributed by atoms with Crippen molar-refractivity contribution in [1.82, 2.24) is 26.2 Å². The van der Waals surface area contributed by atoms with E-state index in [0.717, 1.165) is 0 Å². The molecule has 0 saturated carbocycles. The summed E-state index contributed by atoms with van der Waals surface area (Å²) in [4.78, 5) is 53.3. The lowest BCUT2D eigenvalue weighted by Crippen LogP contribution is -2.58. The average Bonchev–Trinajstić information content (AvgIpc) is 2.71. The number of nitrogens with two attached hydrogens (primary N) is 1. The highest BCUT2D eigenvalue weighted by atomic mass is 16.2. The second kappa shape index (κ2) is 14.8. The summed E-state index contributed by atoms with van der Waals surface area (Å²) >= 11 is 0. The van der Waals surface area contributed by atoms with Crippen molar-refractivity contribution in [3.8, 4) is 0 Å². The number of allylic oxidation sites excluding steroid dienone is 1. The van der Waals surface area contributed by atoms with Crippen molar-refractivity contribution in [3.63, 3.8) is 0 Å². The molecule has 0 spiro atoms. The molecule has 0 aromatic carbocycles. The summed E-state index contributed by atoms with van der Waals surface area (Å²) in [5, 5.41) is 11.1. The van der Waals surface area contributed by atoms with Gasteiger partial charge in [-0.25, -0.2) is 0 Å². The van der Waals surface area contributed by atoms with Crippen LogP contribution >= 0.6 is 0 Å². The Hall–Kier alpha value is -2.46. The molecule has 6 N–H and O–H groups in total. The third-order valence-corrected chi connectivity index (χ3v) is 5.57. The second-order valence-electron chi connectivity index (χ2n) is 10.7. The van der Waals surface area contributed by atoms with Gasteiger partial charge in [-0.15, -0.1) is 0 Å². The van der Waals surface area contributed by atoms with E-state index in [4.69, 9.17) is 5.73 Å². The zero-order chi connectivity index (χ0) is 27.6. The fourth-order valence-corrected chi connectivity index (χ4v) is 3.26. The van der Waals surface area contributed by atoms with E-state index in [-0.39, 0.29) is 35.4 Å². The van der Waals surface area contributed by atoms with Gasteiger partial charge in [0.2, 0.25) is 17.7 Å². The molecule has 0 saturated heterocycles. The standard InChI is InChI=1S/C25H48N6O4/c1-13(2)18(12-31(10)11)27-23(33)19(14(3)4)29-25(35)21(16(7)8)30-24(34)20(15(5)6)28-22(32)17(9)26/h13,15-18,20-21H,12,26H2,1-11H3,(H,27,33)(H,28,32)(H,29,35)(H,30,34)/t17-,18-,20+,21-/m1/s1. The number of amides is 4. The van der Waals surface area contributed by atoms with Crippen LogP contribution in [0.5, 0.6) is 0 Å². The minimum absolute atomic E-state index is 0.107. The number of hydrogen-bond donors (Lipinski definition) is 5. The van der Waals surface area contributed by atoms with Gasteiger partial charge in [-0.2, -0.15) is 0 Å². The molecule has 0 aliphatic rings. The topological polar surface area (TPSA) is 146 Å². The number of carbonyl (C=O) groups excluding carboxylic acids is 4. The predicted octanol–water partition coefficient (Wildman–Crippen LogP) is 0.728. The van der Waals surface area contributed by atoms with Crippen LogP contribution in [0, 0.1) is 17.8 Å². The van der Waals surface area contributed by atoms with Crippen molar-refractivity contribution in [1.29, 1.82) is 0 Å². The number of hydrogen-bond acceptors (Lipinski definition) is 6. The third kappa shape index (κ3) is 11.2. The van der Waals surface area contributed by atoms with E-state index in [1.807, 2.05) is 32.8 Å². The van der Waals surface area contributed by atoms with Crippen LogP contribution in [0.25, 0.3) is 0 Å². The van der Waals surface area contributed by atoms with E-state index in [9.17, 15) is 19.2 Å². The molecule has 0 bridgehead atoms. The Labute approximate surface area is 211 Å². The van der Waals surface area contributed by atoms with E-state index in [0.29, 0.717) is 12.1 Å². The minimum atomic E-state index is -0.916. The summed E-state index contributed by atoms with van der Waals surface area (Å²) in [5.41, 5.74) is 6.42. The molecule has 0 rings (SSSR count). The molecular weight excluding hydrogens is 448 g/mol. The highest BCUT2D eigenvalue weighted by molar-refractivity contribution is 6.00. The van der Waals surface area contributed by atoms with Crippen LogP contribution in [0.15, 0.2) is 11.3 Å². The van der Waals surface area contributed by atoms with E-state index < -0.39 is 35.8 Å². The number of nitrogens with one attached hydrogen (secondary N) is 4. The molecule has 0 unspecified atom stereocenters. The molecule has 0 aromatic rings. The largest absolute Gasteiger partial charge is 0.346 e. The Morgan fingerprint density at radius 1 is 0.714 bits per heavy atom. The number of rotatable bonds is 13.